The monoisotopic (exact) mass is 325 g/mol. The van der Waals surface area contributed by atoms with Crippen LogP contribution in [0, 0.1) is 29.1 Å². The molecule has 126 valence electrons. The summed E-state index contributed by atoms with van der Waals surface area (Å²) in [5, 5.41) is 8.41. The van der Waals surface area contributed by atoms with Crippen molar-refractivity contribution in [3.8, 4) is 17.9 Å². The van der Waals surface area contributed by atoms with E-state index in [9.17, 15) is 4.79 Å². The van der Waals surface area contributed by atoms with E-state index >= 15 is 0 Å². The van der Waals surface area contributed by atoms with Crippen molar-refractivity contribution >= 4 is 0 Å². The maximum atomic E-state index is 12.0. The first kappa shape index (κ1) is 16.8. The second-order valence-electron chi connectivity index (χ2n) is 6.52. The Labute approximate surface area is 142 Å². The van der Waals surface area contributed by atoms with Gasteiger partial charge in [-0.2, -0.15) is 5.26 Å². The van der Waals surface area contributed by atoms with Gasteiger partial charge in [-0.3, -0.25) is 9.69 Å². The average molecular weight is 325 g/mol. The number of fused-ring (bicyclic) bond motifs is 4. The summed E-state index contributed by atoms with van der Waals surface area (Å²) in [6, 6.07) is 7.68. The highest BCUT2D eigenvalue weighted by Gasteiger charge is 2.33. The summed E-state index contributed by atoms with van der Waals surface area (Å²) in [5.41, 5.74) is 1.31. The Morgan fingerprint density at radius 2 is 2.04 bits per heavy atom. The number of hydrogen-bond donors (Lipinski definition) is 0. The zero-order valence-corrected chi connectivity index (χ0v) is 13.9. The number of nitrogens with zero attached hydrogens (tertiary/aromatic N) is 3. The summed E-state index contributed by atoms with van der Waals surface area (Å²) < 4.78 is 7.26. The maximum absolute atomic E-state index is 12.0. The minimum atomic E-state index is 0.131. The quantitative estimate of drug-likeness (QED) is 0.609. The van der Waals surface area contributed by atoms with Gasteiger partial charge in [0.2, 0.25) is 0 Å². The fraction of sp³-hybridized carbons (Fsp3) is 0.579. The number of likely N-dealkylation sites (tertiary alicyclic amines) is 1. The minimum Gasteiger partial charge on any atom is -0.379 e. The molecule has 5 nitrogen and oxygen atoms in total. The van der Waals surface area contributed by atoms with Crippen molar-refractivity contribution in [3.63, 3.8) is 0 Å². The van der Waals surface area contributed by atoms with Crippen molar-refractivity contribution in [1.29, 1.82) is 5.26 Å². The lowest BCUT2D eigenvalue weighted by Gasteiger charge is -2.42. The summed E-state index contributed by atoms with van der Waals surface area (Å²) >= 11 is 0. The van der Waals surface area contributed by atoms with E-state index < -0.39 is 0 Å². The average Bonchev–Trinajstić information content (AvgIpc) is 2.58. The van der Waals surface area contributed by atoms with Gasteiger partial charge in [0.25, 0.3) is 5.56 Å². The molecule has 24 heavy (non-hydrogen) atoms. The van der Waals surface area contributed by atoms with Crippen molar-refractivity contribution in [2.24, 2.45) is 5.92 Å². The van der Waals surface area contributed by atoms with Crippen LogP contribution in [0.4, 0.5) is 0 Å². The van der Waals surface area contributed by atoms with Crippen molar-refractivity contribution < 1.29 is 4.74 Å². The molecule has 2 bridgehead atoms. The van der Waals surface area contributed by atoms with E-state index in [2.05, 4.69) is 28.9 Å². The first-order chi connectivity index (χ1) is 11.8. The number of piperidine rings is 1. The fourth-order valence-corrected chi connectivity index (χ4v) is 3.72. The van der Waals surface area contributed by atoms with Gasteiger partial charge in [-0.1, -0.05) is 17.9 Å². The van der Waals surface area contributed by atoms with E-state index in [-0.39, 0.29) is 5.56 Å². The number of rotatable bonds is 5. The van der Waals surface area contributed by atoms with Crippen LogP contribution in [0.1, 0.15) is 30.9 Å². The second kappa shape index (κ2) is 8.15. The molecular weight excluding hydrogens is 302 g/mol. The minimum absolute atomic E-state index is 0.131. The predicted molar refractivity (Wildman–Crippen MR) is 91.4 cm³/mol. The van der Waals surface area contributed by atoms with Crippen LogP contribution in [0.2, 0.25) is 0 Å². The summed E-state index contributed by atoms with van der Waals surface area (Å²) in [4.78, 5) is 14.4. The SMILES string of the molecule is N#CCCOCCC#CCN1CC2CC(C1)c1cccc(=O)n1C2. The van der Waals surface area contributed by atoms with Gasteiger partial charge < -0.3 is 9.30 Å². The Bertz CT molecular complexity index is 723. The van der Waals surface area contributed by atoms with Crippen LogP contribution in [0.5, 0.6) is 0 Å². The van der Waals surface area contributed by atoms with Crippen LogP contribution in [0.25, 0.3) is 0 Å². The van der Waals surface area contributed by atoms with Crippen LogP contribution in [0.3, 0.4) is 0 Å². The summed E-state index contributed by atoms with van der Waals surface area (Å²) in [7, 11) is 0. The topological polar surface area (TPSA) is 58.3 Å². The lowest BCUT2D eigenvalue weighted by molar-refractivity contribution is 0.133. The van der Waals surface area contributed by atoms with Gasteiger partial charge in [0.05, 0.1) is 32.2 Å². The van der Waals surface area contributed by atoms with Crippen LogP contribution >= 0.6 is 0 Å². The van der Waals surface area contributed by atoms with Crippen LogP contribution in [-0.2, 0) is 11.3 Å². The normalized spacial score (nSPS) is 22.1. The molecule has 0 aromatic carbocycles. The highest BCUT2D eigenvalue weighted by Crippen LogP contribution is 2.34. The number of ether oxygens (including phenoxy) is 1. The molecule has 0 spiro atoms. The highest BCUT2D eigenvalue weighted by atomic mass is 16.5. The Morgan fingerprint density at radius 3 is 2.92 bits per heavy atom. The molecule has 3 rings (SSSR count). The lowest BCUT2D eigenvalue weighted by atomic mass is 9.83. The first-order valence-electron chi connectivity index (χ1n) is 8.60. The van der Waals surface area contributed by atoms with E-state index in [1.54, 1.807) is 6.07 Å². The molecule has 1 fully saturated rings. The van der Waals surface area contributed by atoms with Gasteiger partial charge in [-0.15, -0.1) is 0 Å². The first-order valence-corrected chi connectivity index (χ1v) is 8.60. The third-order valence-electron chi connectivity index (χ3n) is 4.71. The largest absolute Gasteiger partial charge is 0.379 e. The maximum Gasteiger partial charge on any atom is 0.250 e. The Morgan fingerprint density at radius 1 is 1.17 bits per heavy atom. The molecule has 0 N–H and O–H groups in total. The zero-order valence-electron chi connectivity index (χ0n) is 13.9. The standard InChI is InChI=1S/C19H23N3O2/c20-8-5-11-24-10-3-1-2-9-21-13-16-12-17(15-21)18-6-4-7-19(23)22(18)14-16/h4,6-7,16-17H,3,5,9-15H2. The molecule has 2 aliphatic rings. The van der Waals surface area contributed by atoms with Crippen LogP contribution < -0.4 is 5.56 Å². The van der Waals surface area contributed by atoms with E-state index in [1.165, 1.54) is 12.1 Å². The van der Waals surface area contributed by atoms with Crippen LogP contribution in [-0.4, -0.2) is 42.3 Å². The summed E-state index contributed by atoms with van der Waals surface area (Å²) in [6.45, 7) is 4.70. The molecule has 5 heteroatoms. The van der Waals surface area contributed by atoms with Crippen LogP contribution in [0.15, 0.2) is 23.0 Å². The van der Waals surface area contributed by atoms with Gasteiger partial charge in [-0.25, -0.2) is 0 Å². The second-order valence-corrected chi connectivity index (χ2v) is 6.52. The Kier molecular flexibility index (Phi) is 5.69. The van der Waals surface area contributed by atoms with E-state index in [1.807, 2.05) is 10.6 Å². The molecule has 1 saturated heterocycles. The molecule has 1 aromatic heterocycles. The van der Waals surface area contributed by atoms with E-state index in [4.69, 9.17) is 10.00 Å². The van der Waals surface area contributed by atoms with E-state index in [0.29, 0.717) is 37.9 Å². The van der Waals surface area contributed by atoms with Crippen molar-refractivity contribution in [3.05, 3.63) is 34.2 Å². The van der Waals surface area contributed by atoms with Gasteiger partial charge in [0, 0.05) is 43.7 Å². The molecular formula is C19H23N3O2. The fourth-order valence-electron chi connectivity index (χ4n) is 3.72. The van der Waals surface area contributed by atoms with Gasteiger partial charge in [0.15, 0.2) is 0 Å². The Balaban J connectivity index is 1.49. The summed E-state index contributed by atoms with van der Waals surface area (Å²) in [5.74, 6) is 7.38. The number of pyridine rings is 1. The third-order valence-corrected chi connectivity index (χ3v) is 4.71. The van der Waals surface area contributed by atoms with Gasteiger partial charge in [0.1, 0.15) is 0 Å². The predicted octanol–water partition coefficient (Wildman–Crippen LogP) is 1.59. The molecule has 2 aliphatic heterocycles. The molecule has 0 aliphatic carbocycles. The molecule has 1 aromatic rings. The molecule has 2 unspecified atom stereocenters. The zero-order chi connectivity index (χ0) is 16.8. The van der Waals surface area contributed by atoms with Crippen molar-refractivity contribution in [2.75, 3.05) is 32.8 Å². The highest BCUT2D eigenvalue weighted by molar-refractivity contribution is 5.17. The molecule has 0 amide bonds. The number of hydrogen-bond acceptors (Lipinski definition) is 4. The van der Waals surface area contributed by atoms with Gasteiger partial charge >= 0.3 is 0 Å². The molecule has 3 heterocycles. The third kappa shape index (κ3) is 4.06. The lowest BCUT2D eigenvalue weighted by Crippen LogP contribution is -2.47. The molecule has 0 saturated carbocycles. The van der Waals surface area contributed by atoms with Crippen molar-refractivity contribution in [1.82, 2.24) is 9.47 Å². The number of nitriles is 1. The van der Waals surface area contributed by atoms with Gasteiger partial charge in [-0.05, 0) is 18.4 Å². The number of aromatic nitrogens is 1. The van der Waals surface area contributed by atoms with Crippen molar-refractivity contribution in [2.45, 2.75) is 31.7 Å². The van der Waals surface area contributed by atoms with E-state index in [0.717, 1.165) is 26.2 Å². The Hall–Kier alpha value is -2.08. The molecule has 0 radical (unpaired) electrons. The summed E-state index contributed by atoms with van der Waals surface area (Å²) in [6.07, 6.45) is 2.33. The smallest absolute Gasteiger partial charge is 0.250 e. The molecule has 2 atom stereocenters.